The van der Waals surface area contributed by atoms with Gasteiger partial charge >= 0.3 is 0 Å². The molecule has 2 rings (SSSR count). The van der Waals surface area contributed by atoms with Crippen LogP contribution >= 0.6 is 0 Å². The average molecular weight is 131 g/mol. The van der Waals surface area contributed by atoms with Crippen molar-refractivity contribution in [2.24, 2.45) is 0 Å². The second-order valence-corrected chi connectivity index (χ2v) is 2.11. The molecule has 0 aliphatic heterocycles. The number of nitrogens with zero attached hydrogens (tertiary/aromatic N) is 2. The van der Waals surface area contributed by atoms with E-state index >= 15 is 0 Å². The number of aromatic nitrogens is 2. The van der Waals surface area contributed by atoms with Gasteiger partial charge in [0.2, 0.25) is 5.52 Å². The van der Waals surface area contributed by atoms with E-state index in [-0.39, 0.29) is 0 Å². The molecule has 10 heavy (non-hydrogen) atoms. The highest BCUT2D eigenvalue weighted by Crippen LogP contribution is 1.89. The Kier molecular flexibility index (Phi) is 1.10. The van der Waals surface area contributed by atoms with Crippen LogP contribution in [-0.2, 0) is 0 Å². The quantitative estimate of drug-likeness (QED) is 0.484. The maximum absolute atomic E-state index is 3.99. The molecule has 0 atom stereocenters. The molecule has 0 N–H and O–H groups in total. The molecule has 0 fully saturated rings. The zero-order valence-corrected chi connectivity index (χ0v) is 5.44. The number of hydrogen-bond donors (Lipinski definition) is 0. The molecule has 0 saturated carbocycles. The van der Waals surface area contributed by atoms with E-state index in [9.17, 15) is 0 Å². The van der Waals surface area contributed by atoms with Crippen LogP contribution in [0.15, 0.2) is 43.0 Å². The summed E-state index contributed by atoms with van der Waals surface area (Å²) in [5.41, 5.74) is 1.12. The van der Waals surface area contributed by atoms with Crippen molar-refractivity contribution in [3.8, 4) is 0 Å². The van der Waals surface area contributed by atoms with Crippen LogP contribution in [0.25, 0.3) is 5.52 Å². The summed E-state index contributed by atoms with van der Waals surface area (Å²) < 4.78 is 2.02. The summed E-state index contributed by atoms with van der Waals surface area (Å²) in [5.74, 6) is 0. The summed E-state index contributed by atoms with van der Waals surface area (Å²) in [6.07, 6.45) is 7.53. The molecule has 2 nitrogen and oxygen atoms in total. The lowest BCUT2D eigenvalue weighted by Crippen LogP contribution is -2.19. The minimum Gasteiger partial charge on any atom is -0.252 e. The van der Waals surface area contributed by atoms with E-state index in [1.54, 1.807) is 6.20 Å². The van der Waals surface area contributed by atoms with Crippen molar-refractivity contribution < 1.29 is 4.40 Å². The van der Waals surface area contributed by atoms with Crippen LogP contribution in [0.2, 0.25) is 0 Å². The molecule has 0 aliphatic rings. The number of rotatable bonds is 0. The molecule has 0 radical (unpaired) electrons. The first-order valence-electron chi connectivity index (χ1n) is 3.17. The summed E-state index contributed by atoms with van der Waals surface area (Å²) in [6, 6.07) is 6.01. The Morgan fingerprint density at radius 1 is 1.20 bits per heavy atom. The lowest BCUT2D eigenvalue weighted by Gasteiger charge is -1.84. The van der Waals surface area contributed by atoms with Gasteiger partial charge < -0.3 is 0 Å². The summed E-state index contributed by atoms with van der Waals surface area (Å²) in [7, 11) is 0. The molecule has 0 unspecified atom stereocenters. The molecule has 0 aromatic carbocycles. The fraction of sp³-hybridized carbons (Fsp3) is 0. The lowest BCUT2D eigenvalue weighted by molar-refractivity contribution is -0.512. The van der Waals surface area contributed by atoms with Gasteiger partial charge in [0.15, 0.2) is 12.4 Å². The number of hydrogen-bond acceptors (Lipinski definition) is 1. The Bertz CT molecular complexity index is 278. The maximum atomic E-state index is 3.99. The highest BCUT2D eigenvalue weighted by molar-refractivity contribution is 5.34. The van der Waals surface area contributed by atoms with E-state index in [0.717, 1.165) is 5.52 Å². The van der Waals surface area contributed by atoms with Gasteiger partial charge in [0.05, 0.1) is 12.4 Å². The summed E-state index contributed by atoms with van der Waals surface area (Å²) in [6.45, 7) is 0. The number of fused-ring (bicyclic) bond motifs is 1. The van der Waals surface area contributed by atoms with E-state index in [1.807, 2.05) is 41.2 Å². The van der Waals surface area contributed by atoms with Gasteiger partial charge in [-0.25, -0.2) is 0 Å². The molecule has 2 aromatic rings. The van der Waals surface area contributed by atoms with E-state index in [2.05, 4.69) is 4.98 Å². The molecule has 0 bridgehead atoms. The van der Waals surface area contributed by atoms with E-state index in [0.29, 0.717) is 0 Å². The van der Waals surface area contributed by atoms with Crippen LogP contribution in [0.1, 0.15) is 0 Å². The van der Waals surface area contributed by atoms with Crippen molar-refractivity contribution in [3.05, 3.63) is 43.0 Å². The summed E-state index contributed by atoms with van der Waals surface area (Å²) in [4.78, 5) is 3.99. The lowest BCUT2D eigenvalue weighted by atomic mass is 10.4. The van der Waals surface area contributed by atoms with Crippen LogP contribution in [0.3, 0.4) is 0 Å². The Labute approximate surface area is 58.8 Å². The first-order valence-corrected chi connectivity index (χ1v) is 3.17. The van der Waals surface area contributed by atoms with Crippen molar-refractivity contribution in [2.75, 3.05) is 0 Å². The van der Waals surface area contributed by atoms with Gasteiger partial charge in [-0.05, 0) is 6.07 Å². The standard InChI is InChI=1S/C8H7N2/c1-2-5-10-6-4-9-7-8(10)3-1/h1-7H/q+1. The third-order valence-electron chi connectivity index (χ3n) is 1.44. The van der Waals surface area contributed by atoms with Crippen LogP contribution in [0.5, 0.6) is 0 Å². The van der Waals surface area contributed by atoms with Gasteiger partial charge in [-0.15, -0.1) is 0 Å². The molecule has 2 heterocycles. The van der Waals surface area contributed by atoms with E-state index in [1.165, 1.54) is 0 Å². The van der Waals surface area contributed by atoms with Crippen molar-refractivity contribution in [3.63, 3.8) is 0 Å². The third kappa shape index (κ3) is 0.739. The first kappa shape index (κ1) is 5.35. The molecule has 0 aliphatic carbocycles. The monoisotopic (exact) mass is 131 g/mol. The Hall–Kier alpha value is -1.44. The van der Waals surface area contributed by atoms with Gasteiger partial charge in [-0.2, -0.15) is 4.40 Å². The van der Waals surface area contributed by atoms with Crippen molar-refractivity contribution >= 4 is 5.52 Å². The Morgan fingerprint density at radius 3 is 3.10 bits per heavy atom. The highest BCUT2D eigenvalue weighted by Gasteiger charge is 1.94. The van der Waals surface area contributed by atoms with Crippen LogP contribution < -0.4 is 4.40 Å². The average Bonchev–Trinajstić information content (AvgIpc) is 2.05. The van der Waals surface area contributed by atoms with Crippen LogP contribution in [0, 0.1) is 0 Å². The second-order valence-electron chi connectivity index (χ2n) is 2.11. The van der Waals surface area contributed by atoms with Gasteiger partial charge in [0, 0.05) is 12.1 Å². The topological polar surface area (TPSA) is 17.0 Å². The Balaban J connectivity index is 2.89. The first-order chi connectivity index (χ1) is 4.97. The normalized spacial score (nSPS) is 10.0. The van der Waals surface area contributed by atoms with Crippen LogP contribution in [-0.4, -0.2) is 4.98 Å². The molecular weight excluding hydrogens is 124 g/mol. The second kappa shape index (κ2) is 2.06. The van der Waals surface area contributed by atoms with Gasteiger partial charge in [-0.1, -0.05) is 0 Å². The minimum absolute atomic E-state index is 1.12. The predicted molar refractivity (Wildman–Crippen MR) is 37.4 cm³/mol. The molecule has 48 valence electrons. The molecule has 0 saturated heterocycles. The highest BCUT2D eigenvalue weighted by atomic mass is 14.9. The minimum atomic E-state index is 1.12. The van der Waals surface area contributed by atoms with E-state index < -0.39 is 0 Å². The molecular formula is C8H7N2+. The van der Waals surface area contributed by atoms with Crippen molar-refractivity contribution in [1.82, 2.24) is 4.98 Å². The Morgan fingerprint density at radius 2 is 2.20 bits per heavy atom. The van der Waals surface area contributed by atoms with Gasteiger partial charge in [0.1, 0.15) is 0 Å². The van der Waals surface area contributed by atoms with Crippen molar-refractivity contribution in [2.45, 2.75) is 0 Å². The van der Waals surface area contributed by atoms with Gasteiger partial charge in [0.25, 0.3) is 0 Å². The molecule has 0 amide bonds. The molecule has 2 aromatic heterocycles. The van der Waals surface area contributed by atoms with Crippen molar-refractivity contribution in [1.29, 1.82) is 0 Å². The zero-order chi connectivity index (χ0) is 6.81. The SMILES string of the molecule is c1cc[n+]2ccncc2c1. The maximum Gasteiger partial charge on any atom is 0.229 e. The molecule has 2 heteroatoms. The zero-order valence-electron chi connectivity index (χ0n) is 5.44. The van der Waals surface area contributed by atoms with E-state index in [4.69, 9.17) is 0 Å². The summed E-state index contributed by atoms with van der Waals surface area (Å²) in [5, 5.41) is 0. The predicted octanol–water partition coefficient (Wildman–Crippen LogP) is 0.820. The fourth-order valence-electron chi connectivity index (χ4n) is 0.944. The fourth-order valence-corrected chi connectivity index (χ4v) is 0.944. The smallest absolute Gasteiger partial charge is 0.229 e. The van der Waals surface area contributed by atoms with Gasteiger partial charge in [-0.3, -0.25) is 4.98 Å². The number of pyridine rings is 1. The summed E-state index contributed by atoms with van der Waals surface area (Å²) >= 11 is 0. The molecule has 0 spiro atoms. The largest absolute Gasteiger partial charge is 0.252 e. The third-order valence-corrected chi connectivity index (χ3v) is 1.44. The van der Waals surface area contributed by atoms with Crippen LogP contribution in [0.4, 0.5) is 0 Å².